The molecular formula is C19H20N4O4. The molecule has 0 atom stereocenters. The molecule has 0 saturated heterocycles. The number of anilines is 1. The van der Waals surface area contributed by atoms with Gasteiger partial charge in [-0.15, -0.1) is 0 Å². The second-order valence-electron chi connectivity index (χ2n) is 6.09. The smallest absolute Gasteiger partial charge is 0.328 e. The molecule has 0 radical (unpaired) electrons. The van der Waals surface area contributed by atoms with Crippen molar-refractivity contribution < 1.29 is 14.3 Å². The minimum absolute atomic E-state index is 0.161. The first-order valence-corrected chi connectivity index (χ1v) is 8.28. The van der Waals surface area contributed by atoms with Gasteiger partial charge in [0.1, 0.15) is 5.75 Å². The van der Waals surface area contributed by atoms with Crippen molar-refractivity contribution in [3.63, 3.8) is 0 Å². The highest BCUT2D eigenvalue weighted by Gasteiger charge is 2.15. The zero-order chi connectivity index (χ0) is 19.6. The second kappa shape index (κ2) is 7.36. The largest absolute Gasteiger partial charge is 0.497 e. The quantitative estimate of drug-likeness (QED) is 0.675. The number of ether oxygens (including phenoxy) is 1. The van der Waals surface area contributed by atoms with Crippen LogP contribution in [0.1, 0.15) is 5.56 Å². The van der Waals surface area contributed by atoms with Crippen LogP contribution in [0.3, 0.4) is 0 Å². The molecule has 0 aliphatic rings. The summed E-state index contributed by atoms with van der Waals surface area (Å²) in [4.78, 5) is 36.1. The van der Waals surface area contributed by atoms with Crippen LogP contribution in [0.25, 0.3) is 11.0 Å². The van der Waals surface area contributed by atoms with E-state index in [9.17, 15) is 14.4 Å². The van der Waals surface area contributed by atoms with Crippen LogP contribution in [-0.2, 0) is 30.2 Å². The molecule has 3 aromatic rings. The van der Waals surface area contributed by atoms with Crippen LogP contribution >= 0.6 is 0 Å². The lowest BCUT2D eigenvalue weighted by molar-refractivity contribution is -0.136. The first-order valence-electron chi connectivity index (χ1n) is 8.28. The second-order valence-corrected chi connectivity index (χ2v) is 6.09. The monoisotopic (exact) mass is 368 g/mol. The molecule has 0 spiro atoms. The number of aryl methyl sites for hydroxylation is 2. The van der Waals surface area contributed by atoms with Gasteiger partial charge in [-0.3, -0.25) is 18.7 Å². The lowest BCUT2D eigenvalue weighted by Crippen LogP contribution is -2.34. The number of imidazole rings is 1. The SMILES string of the molecule is COc1ccc(CNC(=O)C(=O)Nc2ccc3c(c2)n(C)c(=O)n3C)cc1. The third kappa shape index (κ3) is 3.69. The molecular weight excluding hydrogens is 348 g/mol. The van der Waals surface area contributed by atoms with E-state index in [1.807, 2.05) is 0 Å². The average Bonchev–Trinajstić information content (AvgIpc) is 2.90. The number of nitrogens with zero attached hydrogens (tertiary/aromatic N) is 2. The van der Waals surface area contributed by atoms with Crippen LogP contribution < -0.4 is 21.1 Å². The van der Waals surface area contributed by atoms with Gasteiger partial charge in [0, 0.05) is 26.3 Å². The zero-order valence-corrected chi connectivity index (χ0v) is 15.3. The summed E-state index contributed by atoms with van der Waals surface area (Å²) in [5.74, 6) is -0.801. The Morgan fingerprint density at radius 2 is 1.63 bits per heavy atom. The van der Waals surface area contributed by atoms with Crippen molar-refractivity contribution >= 4 is 28.5 Å². The number of methoxy groups -OCH3 is 1. The Morgan fingerprint density at radius 3 is 2.30 bits per heavy atom. The van der Waals surface area contributed by atoms with E-state index in [4.69, 9.17) is 4.74 Å². The maximum Gasteiger partial charge on any atom is 0.328 e. The molecule has 140 valence electrons. The molecule has 3 rings (SSSR count). The van der Waals surface area contributed by atoms with Gasteiger partial charge < -0.3 is 15.4 Å². The van der Waals surface area contributed by atoms with E-state index in [1.54, 1.807) is 63.7 Å². The van der Waals surface area contributed by atoms with Crippen LogP contribution in [-0.4, -0.2) is 28.1 Å². The summed E-state index contributed by atoms with van der Waals surface area (Å²) in [6.07, 6.45) is 0. The number of amides is 2. The summed E-state index contributed by atoms with van der Waals surface area (Å²) in [6, 6.07) is 12.2. The lowest BCUT2D eigenvalue weighted by atomic mass is 10.2. The first-order chi connectivity index (χ1) is 12.9. The number of fused-ring (bicyclic) bond motifs is 1. The van der Waals surface area contributed by atoms with Crippen molar-refractivity contribution in [3.8, 4) is 5.75 Å². The standard InChI is InChI=1S/C19H20N4O4/c1-22-15-9-6-13(10-16(15)23(2)19(22)26)21-18(25)17(24)20-11-12-4-7-14(27-3)8-5-12/h4-10H,11H2,1-3H3,(H,20,24)(H,21,25). The van der Waals surface area contributed by atoms with E-state index < -0.39 is 11.8 Å². The van der Waals surface area contributed by atoms with E-state index in [0.29, 0.717) is 17.0 Å². The molecule has 2 amide bonds. The first kappa shape index (κ1) is 18.2. The summed E-state index contributed by atoms with van der Waals surface area (Å²) in [5, 5.41) is 5.12. The summed E-state index contributed by atoms with van der Waals surface area (Å²) in [6.45, 7) is 0.225. The minimum Gasteiger partial charge on any atom is -0.497 e. The van der Waals surface area contributed by atoms with Crippen LogP contribution in [0.2, 0.25) is 0 Å². The predicted octanol–water partition coefficient (Wildman–Crippen LogP) is 1.14. The molecule has 0 saturated carbocycles. The number of rotatable bonds is 4. The van der Waals surface area contributed by atoms with Crippen LogP contribution in [0, 0.1) is 0 Å². The molecule has 0 aliphatic carbocycles. The molecule has 8 heteroatoms. The topological polar surface area (TPSA) is 94.4 Å². The number of hydrogen-bond acceptors (Lipinski definition) is 4. The van der Waals surface area contributed by atoms with Crippen molar-refractivity contribution in [2.24, 2.45) is 14.1 Å². The molecule has 0 aliphatic heterocycles. The van der Waals surface area contributed by atoms with Gasteiger partial charge in [0.15, 0.2) is 0 Å². The summed E-state index contributed by atoms with van der Waals surface area (Å²) < 4.78 is 8.07. The number of hydrogen-bond donors (Lipinski definition) is 2. The van der Waals surface area contributed by atoms with E-state index in [2.05, 4.69) is 10.6 Å². The molecule has 0 bridgehead atoms. The van der Waals surface area contributed by atoms with Gasteiger partial charge in [0.25, 0.3) is 0 Å². The van der Waals surface area contributed by atoms with Crippen LogP contribution in [0.5, 0.6) is 5.75 Å². The molecule has 2 aromatic carbocycles. The minimum atomic E-state index is -0.774. The van der Waals surface area contributed by atoms with Gasteiger partial charge in [-0.1, -0.05) is 12.1 Å². The molecule has 27 heavy (non-hydrogen) atoms. The Kier molecular flexibility index (Phi) is 4.98. The Morgan fingerprint density at radius 1 is 0.963 bits per heavy atom. The maximum atomic E-state index is 12.1. The van der Waals surface area contributed by atoms with Gasteiger partial charge in [-0.25, -0.2) is 4.79 Å². The summed E-state index contributed by atoms with van der Waals surface area (Å²) in [5.41, 5.74) is 2.53. The van der Waals surface area contributed by atoms with E-state index in [-0.39, 0.29) is 12.2 Å². The number of aromatic nitrogens is 2. The van der Waals surface area contributed by atoms with Crippen LogP contribution in [0.15, 0.2) is 47.3 Å². The fraction of sp³-hybridized carbons (Fsp3) is 0.211. The van der Waals surface area contributed by atoms with E-state index in [0.717, 1.165) is 11.1 Å². The Bertz CT molecular complexity index is 1060. The van der Waals surface area contributed by atoms with Crippen molar-refractivity contribution in [1.82, 2.24) is 14.5 Å². The highest BCUT2D eigenvalue weighted by molar-refractivity contribution is 6.39. The van der Waals surface area contributed by atoms with Gasteiger partial charge >= 0.3 is 17.5 Å². The number of carbonyl (C=O) groups excluding carboxylic acids is 2. The van der Waals surface area contributed by atoms with Crippen molar-refractivity contribution in [3.05, 3.63) is 58.5 Å². The molecule has 0 fully saturated rings. The van der Waals surface area contributed by atoms with Crippen LogP contribution in [0.4, 0.5) is 5.69 Å². The Balaban J connectivity index is 1.65. The zero-order valence-electron chi connectivity index (χ0n) is 15.3. The fourth-order valence-electron chi connectivity index (χ4n) is 2.78. The number of nitrogens with one attached hydrogen (secondary N) is 2. The number of carbonyl (C=O) groups is 2. The third-order valence-electron chi connectivity index (χ3n) is 4.35. The molecule has 8 nitrogen and oxygen atoms in total. The predicted molar refractivity (Wildman–Crippen MR) is 102 cm³/mol. The molecule has 1 aromatic heterocycles. The van der Waals surface area contributed by atoms with Crippen molar-refractivity contribution in [2.45, 2.75) is 6.54 Å². The van der Waals surface area contributed by atoms with E-state index >= 15 is 0 Å². The highest BCUT2D eigenvalue weighted by Crippen LogP contribution is 2.17. The summed E-state index contributed by atoms with van der Waals surface area (Å²) in [7, 11) is 4.90. The van der Waals surface area contributed by atoms with Gasteiger partial charge in [0.05, 0.1) is 18.1 Å². The normalized spacial score (nSPS) is 10.6. The average molecular weight is 368 g/mol. The van der Waals surface area contributed by atoms with Gasteiger partial charge in [0.2, 0.25) is 0 Å². The molecule has 2 N–H and O–H groups in total. The maximum absolute atomic E-state index is 12.1. The van der Waals surface area contributed by atoms with Crippen molar-refractivity contribution in [1.29, 1.82) is 0 Å². The van der Waals surface area contributed by atoms with E-state index in [1.165, 1.54) is 9.13 Å². The third-order valence-corrected chi connectivity index (χ3v) is 4.35. The Hall–Kier alpha value is -3.55. The fourth-order valence-corrected chi connectivity index (χ4v) is 2.78. The number of benzene rings is 2. The Labute approximate surface area is 155 Å². The molecule has 0 unspecified atom stereocenters. The van der Waals surface area contributed by atoms with Gasteiger partial charge in [-0.2, -0.15) is 0 Å². The van der Waals surface area contributed by atoms with Gasteiger partial charge in [-0.05, 0) is 35.9 Å². The highest BCUT2D eigenvalue weighted by atomic mass is 16.5. The lowest BCUT2D eigenvalue weighted by Gasteiger charge is -2.08. The van der Waals surface area contributed by atoms with Crippen molar-refractivity contribution in [2.75, 3.05) is 12.4 Å². The molecule has 1 heterocycles. The summed E-state index contributed by atoms with van der Waals surface area (Å²) >= 11 is 0.